The Balaban J connectivity index is 1.64. The summed E-state index contributed by atoms with van der Waals surface area (Å²) in [6.07, 6.45) is 4.61. The number of nitrogens with zero attached hydrogens (tertiary/aromatic N) is 4. The van der Waals surface area contributed by atoms with E-state index < -0.39 is 0 Å². The summed E-state index contributed by atoms with van der Waals surface area (Å²) in [5.41, 5.74) is 4.10. The van der Waals surface area contributed by atoms with Gasteiger partial charge in [0.2, 0.25) is 0 Å². The van der Waals surface area contributed by atoms with Crippen molar-refractivity contribution in [2.24, 2.45) is 0 Å². The molecule has 0 unspecified atom stereocenters. The van der Waals surface area contributed by atoms with Gasteiger partial charge in [0.1, 0.15) is 11.6 Å². The second-order valence-corrected chi connectivity index (χ2v) is 5.99. The Kier molecular flexibility index (Phi) is 3.50. The smallest absolute Gasteiger partial charge is 0.125 e. The van der Waals surface area contributed by atoms with Crippen LogP contribution in [0.25, 0.3) is 10.9 Å². The fraction of sp³-hybridized carbons (Fsp3) is 0.278. The van der Waals surface area contributed by atoms with Gasteiger partial charge in [-0.05, 0) is 42.7 Å². The Labute approximate surface area is 134 Å². The highest BCUT2D eigenvalue weighted by molar-refractivity contribution is 5.81. The van der Waals surface area contributed by atoms with Crippen molar-refractivity contribution in [3.05, 3.63) is 65.1 Å². The quantitative estimate of drug-likeness (QED) is 0.730. The van der Waals surface area contributed by atoms with E-state index in [9.17, 15) is 4.39 Å². The molecule has 23 heavy (non-hydrogen) atoms. The summed E-state index contributed by atoms with van der Waals surface area (Å²) in [5.74, 6) is 0.583. The number of hydrogen-bond donors (Lipinski definition) is 0. The minimum absolute atomic E-state index is 0.212. The molecule has 0 saturated carbocycles. The van der Waals surface area contributed by atoms with Gasteiger partial charge in [-0.15, -0.1) is 0 Å². The minimum atomic E-state index is -0.212. The summed E-state index contributed by atoms with van der Waals surface area (Å²) in [6, 6.07) is 6.86. The van der Waals surface area contributed by atoms with E-state index >= 15 is 0 Å². The molecule has 4 nitrogen and oxygen atoms in total. The maximum atomic E-state index is 13.9. The Morgan fingerprint density at radius 3 is 3.09 bits per heavy atom. The topological polar surface area (TPSA) is 41.9 Å². The Morgan fingerprint density at radius 1 is 1.26 bits per heavy atom. The summed E-state index contributed by atoms with van der Waals surface area (Å²) >= 11 is 0. The van der Waals surface area contributed by atoms with Crippen molar-refractivity contribution in [2.45, 2.75) is 26.4 Å². The summed E-state index contributed by atoms with van der Waals surface area (Å²) in [6.45, 7) is 4.27. The summed E-state index contributed by atoms with van der Waals surface area (Å²) in [7, 11) is 0. The van der Waals surface area contributed by atoms with Crippen LogP contribution < -0.4 is 0 Å². The molecule has 3 heterocycles. The Hall–Kier alpha value is -2.40. The minimum Gasteiger partial charge on any atom is -0.293 e. The van der Waals surface area contributed by atoms with E-state index in [2.05, 4.69) is 19.9 Å². The lowest BCUT2D eigenvalue weighted by atomic mass is 10.0. The summed E-state index contributed by atoms with van der Waals surface area (Å²) in [4.78, 5) is 15.5. The molecule has 1 aromatic carbocycles. The number of aryl methyl sites for hydroxylation is 1. The second kappa shape index (κ2) is 5.66. The molecule has 0 saturated heterocycles. The van der Waals surface area contributed by atoms with Crippen molar-refractivity contribution < 1.29 is 4.39 Å². The van der Waals surface area contributed by atoms with Crippen LogP contribution in [0, 0.1) is 12.7 Å². The van der Waals surface area contributed by atoms with E-state index in [4.69, 9.17) is 0 Å². The lowest BCUT2D eigenvalue weighted by Gasteiger charge is -2.28. The van der Waals surface area contributed by atoms with Gasteiger partial charge in [0.25, 0.3) is 0 Å². The third-order valence-electron chi connectivity index (χ3n) is 4.29. The number of aromatic nitrogens is 3. The van der Waals surface area contributed by atoms with Crippen molar-refractivity contribution in [2.75, 3.05) is 6.54 Å². The lowest BCUT2D eigenvalue weighted by molar-refractivity contribution is 0.241. The van der Waals surface area contributed by atoms with Crippen molar-refractivity contribution in [1.29, 1.82) is 0 Å². The molecule has 0 spiro atoms. The van der Waals surface area contributed by atoms with Crippen molar-refractivity contribution in [3.63, 3.8) is 0 Å². The normalized spacial score (nSPS) is 14.9. The van der Waals surface area contributed by atoms with E-state index in [1.165, 1.54) is 11.6 Å². The molecule has 116 valence electrons. The van der Waals surface area contributed by atoms with E-state index in [0.29, 0.717) is 6.54 Å². The van der Waals surface area contributed by atoms with Gasteiger partial charge in [0.05, 0.1) is 11.2 Å². The molecular weight excluding hydrogens is 291 g/mol. The first kappa shape index (κ1) is 14.2. The van der Waals surface area contributed by atoms with Crippen LogP contribution in [0.3, 0.4) is 0 Å². The zero-order chi connectivity index (χ0) is 15.8. The first-order chi connectivity index (χ1) is 11.2. The molecule has 0 amide bonds. The van der Waals surface area contributed by atoms with E-state index in [1.807, 2.05) is 25.3 Å². The van der Waals surface area contributed by atoms with Gasteiger partial charge >= 0.3 is 0 Å². The van der Waals surface area contributed by atoms with Crippen LogP contribution in [0.2, 0.25) is 0 Å². The van der Waals surface area contributed by atoms with Crippen molar-refractivity contribution >= 4 is 10.9 Å². The number of benzene rings is 1. The van der Waals surface area contributed by atoms with Crippen LogP contribution in [-0.4, -0.2) is 26.4 Å². The molecule has 0 radical (unpaired) electrons. The van der Waals surface area contributed by atoms with Crippen LogP contribution in [0.15, 0.2) is 36.7 Å². The van der Waals surface area contributed by atoms with E-state index in [1.54, 1.807) is 12.3 Å². The van der Waals surface area contributed by atoms with Gasteiger partial charge in [-0.3, -0.25) is 9.88 Å². The molecule has 1 aliphatic rings. The van der Waals surface area contributed by atoms with Crippen LogP contribution in [0.1, 0.15) is 22.6 Å². The molecule has 0 aliphatic carbocycles. The highest BCUT2D eigenvalue weighted by Gasteiger charge is 2.19. The van der Waals surface area contributed by atoms with Gasteiger partial charge in [-0.1, -0.05) is 6.07 Å². The van der Waals surface area contributed by atoms with Crippen LogP contribution in [0.5, 0.6) is 0 Å². The van der Waals surface area contributed by atoms with Crippen LogP contribution in [-0.2, 0) is 19.5 Å². The largest absolute Gasteiger partial charge is 0.293 e. The molecule has 0 atom stereocenters. The highest BCUT2D eigenvalue weighted by Crippen LogP contribution is 2.23. The van der Waals surface area contributed by atoms with Crippen molar-refractivity contribution in [1.82, 2.24) is 19.9 Å². The molecule has 1 aliphatic heterocycles. The summed E-state index contributed by atoms with van der Waals surface area (Å²) in [5, 5.41) is 0.845. The fourth-order valence-electron chi connectivity index (χ4n) is 3.18. The average Bonchev–Trinajstić information content (AvgIpc) is 2.54. The first-order valence-electron chi connectivity index (χ1n) is 7.76. The molecule has 5 heteroatoms. The number of pyridine rings is 1. The monoisotopic (exact) mass is 308 g/mol. The molecule has 3 aromatic rings. The SMILES string of the molecule is Cc1ncc2c(n1)CN(Cc1cc(F)cc3cccnc13)CC2. The number of fused-ring (bicyclic) bond motifs is 2. The highest BCUT2D eigenvalue weighted by atomic mass is 19.1. The molecular formula is C18H17FN4. The molecule has 0 N–H and O–H groups in total. The van der Waals surface area contributed by atoms with E-state index in [0.717, 1.165) is 47.5 Å². The number of halogens is 1. The average molecular weight is 308 g/mol. The molecule has 2 aromatic heterocycles. The zero-order valence-corrected chi connectivity index (χ0v) is 13.0. The third kappa shape index (κ3) is 2.80. The van der Waals surface area contributed by atoms with Gasteiger partial charge < -0.3 is 0 Å². The second-order valence-electron chi connectivity index (χ2n) is 5.99. The Morgan fingerprint density at radius 2 is 2.17 bits per heavy atom. The Bertz CT molecular complexity index is 878. The van der Waals surface area contributed by atoms with E-state index in [-0.39, 0.29) is 5.82 Å². The lowest BCUT2D eigenvalue weighted by Crippen LogP contribution is -2.31. The maximum absolute atomic E-state index is 13.9. The van der Waals surface area contributed by atoms with Gasteiger partial charge in [0, 0.05) is 37.4 Å². The summed E-state index contributed by atoms with van der Waals surface area (Å²) < 4.78 is 13.9. The molecule has 0 bridgehead atoms. The molecule has 0 fully saturated rings. The number of rotatable bonds is 2. The van der Waals surface area contributed by atoms with Gasteiger partial charge in [-0.2, -0.15) is 0 Å². The maximum Gasteiger partial charge on any atom is 0.125 e. The number of hydrogen-bond acceptors (Lipinski definition) is 4. The standard InChI is InChI=1S/C18H17FN4/c1-12-21-9-14-4-6-23(11-17(14)22-12)10-15-8-16(19)7-13-3-2-5-20-18(13)15/h2-3,5,7-9H,4,6,10-11H2,1H3. The van der Waals surface area contributed by atoms with Crippen LogP contribution in [0.4, 0.5) is 4.39 Å². The van der Waals surface area contributed by atoms with Gasteiger partial charge in [-0.25, -0.2) is 14.4 Å². The van der Waals surface area contributed by atoms with Gasteiger partial charge in [0.15, 0.2) is 0 Å². The van der Waals surface area contributed by atoms with Crippen LogP contribution >= 0.6 is 0 Å². The predicted octanol–water partition coefficient (Wildman–Crippen LogP) is 3.03. The third-order valence-corrected chi connectivity index (χ3v) is 4.29. The molecule has 4 rings (SSSR count). The predicted molar refractivity (Wildman–Crippen MR) is 86.3 cm³/mol. The fourth-order valence-corrected chi connectivity index (χ4v) is 3.18. The first-order valence-corrected chi connectivity index (χ1v) is 7.76. The zero-order valence-electron chi connectivity index (χ0n) is 13.0. The van der Waals surface area contributed by atoms with Crippen molar-refractivity contribution in [3.8, 4) is 0 Å².